The summed E-state index contributed by atoms with van der Waals surface area (Å²) in [6.45, 7) is 5.04. The van der Waals surface area contributed by atoms with Gasteiger partial charge in [0.1, 0.15) is 5.75 Å². The number of para-hydroxylation sites is 1. The number of likely N-dealkylation sites (N-methyl/N-ethyl adjacent to an activating group) is 1. The standard InChI is InChI=1S/C18H22N2O/c1-3-20(15-16-10-12-19-13-11-16)14-6-8-17-7-4-5-9-18(17)21-2/h4-13H,3,14-15H2,1-2H3/b8-6+. The number of rotatable bonds is 7. The van der Waals surface area contributed by atoms with E-state index >= 15 is 0 Å². The quantitative estimate of drug-likeness (QED) is 0.775. The zero-order valence-electron chi connectivity index (χ0n) is 12.7. The third-order valence-corrected chi connectivity index (χ3v) is 3.40. The van der Waals surface area contributed by atoms with E-state index in [-0.39, 0.29) is 0 Å². The molecule has 0 bridgehead atoms. The Morgan fingerprint density at radius 3 is 2.62 bits per heavy atom. The maximum absolute atomic E-state index is 5.35. The molecule has 0 radical (unpaired) electrons. The van der Waals surface area contributed by atoms with Gasteiger partial charge in [0.05, 0.1) is 7.11 Å². The molecule has 3 heteroatoms. The second kappa shape index (κ2) is 8.22. The fourth-order valence-electron chi connectivity index (χ4n) is 2.18. The molecule has 1 aromatic carbocycles. The molecule has 0 saturated heterocycles. The van der Waals surface area contributed by atoms with E-state index in [0.717, 1.165) is 30.9 Å². The Bertz CT molecular complexity index is 566. The lowest BCUT2D eigenvalue weighted by atomic mass is 10.2. The SMILES string of the molecule is CCN(C/C=C/c1ccccc1OC)Cc1ccncc1. The van der Waals surface area contributed by atoms with E-state index in [2.05, 4.69) is 47.2 Å². The van der Waals surface area contributed by atoms with Crippen molar-refractivity contribution in [2.45, 2.75) is 13.5 Å². The summed E-state index contributed by atoms with van der Waals surface area (Å²) in [5, 5.41) is 0. The fourth-order valence-corrected chi connectivity index (χ4v) is 2.18. The highest BCUT2D eigenvalue weighted by Gasteiger charge is 2.02. The van der Waals surface area contributed by atoms with Gasteiger partial charge >= 0.3 is 0 Å². The maximum Gasteiger partial charge on any atom is 0.126 e. The first-order valence-corrected chi connectivity index (χ1v) is 7.24. The molecule has 0 aliphatic carbocycles. The van der Waals surface area contributed by atoms with E-state index in [9.17, 15) is 0 Å². The number of ether oxygens (including phenoxy) is 1. The summed E-state index contributed by atoms with van der Waals surface area (Å²) in [6.07, 6.45) is 7.98. The van der Waals surface area contributed by atoms with Gasteiger partial charge in [0.25, 0.3) is 0 Å². The van der Waals surface area contributed by atoms with Crippen molar-refractivity contribution in [3.63, 3.8) is 0 Å². The summed E-state index contributed by atoms with van der Waals surface area (Å²) < 4.78 is 5.35. The topological polar surface area (TPSA) is 25.4 Å². The van der Waals surface area contributed by atoms with Gasteiger partial charge in [0.15, 0.2) is 0 Å². The minimum Gasteiger partial charge on any atom is -0.496 e. The van der Waals surface area contributed by atoms with Crippen molar-refractivity contribution in [2.75, 3.05) is 20.2 Å². The lowest BCUT2D eigenvalue weighted by molar-refractivity contribution is 0.311. The smallest absolute Gasteiger partial charge is 0.126 e. The number of hydrogen-bond acceptors (Lipinski definition) is 3. The molecule has 21 heavy (non-hydrogen) atoms. The summed E-state index contributed by atoms with van der Waals surface area (Å²) in [5.41, 5.74) is 2.40. The van der Waals surface area contributed by atoms with Gasteiger partial charge in [0.2, 0.25) is 0 Å². The molecule has 2 aromatic rings. The van der Waals surface area contributed by atoms with Crippen LogP contribution in [0.25, 0.3) is 6.08 Å². The zero-order chi connectivity index (χ0) is 14.9. The van der Waals surface area contributed by atoms with E-state index in [0.29, 0.717) is 0 Å². The van der Waals surface area contributed by atoms with Crippen LogP contribution in [0.1, 0.15) is 18.1 Å². The largest absolute Gasteiger partial charge is 0.496 e. The lowest BCUT2D eigenvalue weighted by Gasteiger charge is -2.18. The minimum absolute atomic E-state index is 0.908. The first kappa shape index (κ1) is 15.3. The van der Waals surface area contributed by atoms with Gasteiger partial charge in [-0.15, -0.1) is 0 Å². The van der Waals surface area contributed by atoms with Crippen LogP contribution in [0.2, 0.25) is 0 Å². The average Bonchev–Trinajstić information content (AvgIpc) is 2.55. The molecule has 1 aromatic heterocycles. The van der Waals surface area contributed by atoms with Crippen molar-refractivity contribution in [1.82, 2.24) is 9.88 Å². The second-order valence-electron chi connectivity index (χ2n) is 4.83. The minimum atomic E-state index is 0.908. The molecule has 0 atom stereocenters. The Hall–Kier alpha value is -2.13. The van der Waals surface area contributed by atoms with Crippen molar-refractivity contribution >= 4 is 6.08 Å². The van der Waals surface area contributed by atoms with Crippen LogP contribution in [0.4, 0.5) is 0 Å². The average molecular weight is 282 g/mol. The van der Waals surface area contributed by atoms with E-state index in [1.54, 1.807) is 7.11 Å². The normalized spacial score (nSPS) is 11.2. The second-order valence-corrected chi connectivity index (χ2v) is 4.83. The molecular weight excluding hydrogens is 260 g/mol. The molecule has 0 aliphatic rings. The number of nitrogens with zero attached hydrogens (tertiary/aromatic N) is 2. The molecular formula is C18H22N2O. The summed E-state index contributed by atoms with van der Waals surface area (Å²) >= 11 is 0. The van der Waals surface area contributed by atoms with Crippen molar-refractivity contribution < 1.29 is 4.74 Å². The van der Waals surface area contributed by atoms with E-state index in [1.807, 2.05) is 30.6 Å². The number of methoxy groups -OCH3 is 1. The molecule has 0 saturated carbocycles. The van der Waals surface area contributed by atoms with Crippen LogP contribution in [0.5, 0.6) is 5.75 Å². The van der Waals surface area contributed by atoms with Crippen molar-refractivity contribution in [3.8, 4) is 5.75 Å². The third-order valence-electron chi connectivity index (χ3n) is 3.40. The van der Waals surface area contributed by atoms with Crippen LogP contribution in [0.3, 0.4) is 0 Å². The van der Waals surface area contributed by atoms with Gasteiger partial charge < -0.3 is 4.74 Å². The molecule has 2 rings (SSSR count). The van der Waals surface area contributed by atoms with E-state index < -0.39 is 0 Å². The highest BCUT2D eigenvalue weighted by molar-refractivity contribution is 5.57. The Balaban J connectivity index is 1.95. The summed E-state index contributed by atoms with van der Waals surface area (Å²) in [4.78, 5) is 6.43. The van der Waals surface area contributed by atoms with Crippen LogP contribution >= 0.6 is 0 Å². The lowest BCUT2D eigenvalue weighted by Crippen LogP contribution is -2.22. The van der Waals surface area contributed by atoms with Gasteiger partial charge in [-0.3, -0.25) is 9.88 Å². The van der Waals surface area contributed by atoms with Crippen LogP contribution in [0.15, 0.2) is 54.9 Å². The monoisotopic (exact) mass is 282 g/mol. The zero-order valence-corrected chi connectivity index (χ0v) is 12.7. The van der Waals surface area contributed by atoms with Gasteiger partial charge in [-0.2, -0.15) is 0 Å². The predicted molar refractivity (Wildman–Crippen MR) is 87.2 cm³/mol. The third kappa shape index (κ3) is 4.72. The number of hydrogen-bond donors (Lipinski definition) is 0. The van der Waals surface area contributed by atoms with Crippen LogP contribution in [-0.2, 0) is 6.54 Å². The molecule has 0 spiro atoms. The molecule has 0 fully saturated rings. The van der Waals surface area contributed by atoms with Gasteiger partial charge in [-0.25, -0.2) is 0 Å². The first-order chi connectivity index (χ1) is 10.3. The molecule has 0 unspecified atom stereocenters. The summed E-state index contributed by atoms with van der Waals surface area (Å²) in [6, 6.07) is 12.2. The molecule has 1 heterocycles. The molecule has 110 valence electrons. The van der Waals surface area contributed by atoms with Crippen molar-refractivity contribution in [3.05, 3.63) is 66.0 Å². The summed E-state index contributed by atoms with van der Waals surface area (Å²) in [7, 11) is 1.70. The molecule has 0 N–H and O–H groups in total. The number of pyridine rings is 1. The van der Waals surface area contributed by atoms with Crippen molar-refractivity contribution in [1.29, 1.82) is 0 Å². The predicted octanol–water partition coefficient (Wildman–Crippen LogP) is 3.63. The Kier molecular flexibility index (Phi) is 5.98. The van der Waals surface area contributed by atoms with Gasteiger partial charge in [-0.05, 0) is 30.3 Å². The van der Waals surface area contributed by atoms with Crippen molar-refractivity contribution in [2.24, 2.45) is 0 Å². The van der Waals surface area contributed by atoms with Crippen LogP contribution in [0, 0.1) is 0 Å². The van der Waals surface area contributed by atoms with E-state index in [4.69, 9.17) is 4.74 Å². The van der Waals surface area contributed by atoms with Crippen LogP contribution < -0.4 is 4.74 Å². The molecule has 3 nitrogen and oxygen atoms in total. The highest BCUT2D eigenvalue weighted by Crippen LogP contribution is 2.18. The summed E-state index contributed by atoms with van der Waals surface area (Å²) in [5.74, 6) is 0.908. The molecule has 0 amide bonds. The maximum atomic E-state index is 5.35. The number of aromatic nitrogens is 1. The van der Waals surface area contributed by atoms with Gasteiger partial charge in [0, 0.05) is 31.0 Å². The molecule has 0 aliphatic heterocycles. The highest BCUT2D eigenvalue weighted by atomic mass is 16.5. The Labute approximate surface area is 126 Å². The number of benzene rings is 1. The fraction of sp³-hybridized carbons (Fsp3) is 0.278. The Morgan fingerprint density at radius 2 is 1.90 bits per heavy atom. The Morgan fingerprint density at radius 1 is 1.14 bits per heavy atom. The first-order valence-electron chi connectivity index (χ1n) is 7.24. The van der Waals surface area contributed by atoms with Crippen LogP contribution in [-0.4, -0.2) is 30.1 Å². The van der Waals surface area contributed by atoms with E-state index in [1.165, 1.54) is 5.56 Å². The van der Waals surface area contributed by atoms with Gasteiger partial charge in [-0.1, -0.05) is 37.3 Å².